The highest BCUT2D eigenvalue weighted by molar-refractivity contribution is 5.79. The van der Waals surface area contributed by atoms with Crippen molar-refractivity contribution >= 4 is 11.7 Å². The van der Waals surface area contributed by atoms with Gasteiger partial charge in [0.25, 0.3) is 0 Å². The first-order valence-electron chi connectivity index (χ1n) is 5.78. The van der Waals surface area contributed by atoms with Crippen molar-refractivity contribution in [1.29, 1.82) is 0 Å². The van der Waals surface area contributed by atoms with Gasteiger partial charge in [0, 0.05) is 5.69 Å². The lowest BCUT2D eigenvalue weighted by Crippen LogP contribution is -2.21. The standard InChI is InChI=1S/C15H15NO2/c1-11-7-5-6-10-13(11)14(15(17)18)16-12-8-3-2-4-9-12/h2-10,14,16H,1H3,(H,17,18). The number of carbonyl (C=O) groups is 1. The minimum Gasteiger partial charge on any atom is -0.479 e. The molecule has 2 aromatic rings. The van der Waals surface area contributed by atoms with E-state index in [4.69, 9.17) is 0 Å². The summed E-state index contributed by atoms with van der Waals surface area (Å²) in [5.74, 6) is -0.881. The van der Waals surface area contributed by atoms with Gasteiger partial charge in [-0.05, 0) is 30.2 Å². The highest BCUT2D eigenvalue weighted by Gasteiger charge is 2.20. The van der Waals surface area contributed by atoms with Crippen molar-refractivity contribution in [3.8, 4) is 0 Å². The van der Waals surface area contributed by atoms with E-state index in [-0.39, 0.29) is 0 Å². The molecule has 0 amide bonds. The monoisotopic (exact) mass is 241 g/mol. The molecule has 0 aromatic heterocycles. The second-order valence-electron chi connectivity index (χ2n) is 4.14. The van der Waals surface area contributed by atoms with Crippen LogP contribution < -0.4 is 5.32 Å². The number of para-hydroxylation sites is 1. The highest BCUT2D eigenvalue weighted by Crippen LogP contribution is 2.22. The summed E-state index contributed by atoms with van der Waals surface area (Å²) in [6, 6.07) is 16.1. The van der Waals surface area contributed by atoms with Crippen molar-refractivity contribution in [3.63, 3.8) is 0 Å². The average Bonchev–Trinajstić information content (AvgIpc) is 2.38. The predicted molar refractivity (Wildman–Crippen MR) is 71.6 cm³/mol. The van der Waals surface area contributed by atoms with E-state index in [1.165, 1.54) is 0 Å². The fraction of sp³-hybridized carbons (Fsp3) is 0.133. The van der Waals surface area contributed by atoms with Gasteiger partial charge in [0.15, 0.2) is 6.04 Å². The summed E-state index contributed by atoms with van der Waals surface area (Å²) in [5, 5.41) is 12.4. The van der Waals surface area contributed by atoms with Crippen LogP contribution in [-0.4, -0.2) is 11.1 Å². The lowest BCUT2D eigenvalue weighted by atomic mass is 10.0. The molecule has 2 aromatic carbocycles. The number of nitrogens with one attached hydrogen (secondary N) is 1. The number of hydrogen-bond acceptors (Lipinski definition) is 2. The molecule has 0 aliphatic heterocycles. The van der Waals surface area contributed by atoms with Gasteiger partial charge in [-0.3, -0.25) is 0 Å². The van der Waals surface area contributed by atoms with E-state index in [2.05, 4.69) is 5.32 Å². The molecular formula is C15H15NO2. The van der Waals surface area contributed by atoms with Gasteiger partial charge in [0.1, 0.15) is 0 Å². The van der Waals surface area contributed by atoms with Crippen LogP contribution in [-0.2, 0) is 4.79 Å². The molecule has 0 saturated heterocycles. The fourth-order valence-electron chi connectivity index (χ4n) is 1.88. The molecule has 92 valence electrons. The Balaban J connectivity index is 2.30. The van der Waals surface area contributed by atoms with Crippen molar-refractivity contribution in [2.24, 2.45) is 0 Å². The zero-order chi connectivity index (χ0) is 13.0. The van der Waals surface area contributed by atoms with Crippen molar-refractivity contribution in [2.75, 3.05) is 5.32 Å². The second-order valence-corrected chi connectivity index (χ2v) is 4.14. The van der Waals surface area contributed by atoms with Crippen LogP contribution in [0.3, 0.4) is 0 Å². The molecule has 2 rings (SSSR count). The van der Waals surface area contributed by atoms with Gasteiger partial charge in [-0.1, -0.05) is 42.5 Å². The molecule has 1 atom stereocenters. The Kier molecular flexibility index (Phi) is 3.63. The topological polar surface area (TPSA) is 49.3 Å². The molecule has 3 heteroatoms. The maximum absolute atomic E-state index is 11.4. The van der Waals surface area contributed by atoms with Gasteiger partial charge in [0.05, 0.1) is 0 Å². The number of aliphatic carboxylic acids is 1. The number of benzene rings is 2. The summed E-state index contributed by atoms with van der Waals surface area (Å²) in [6.45, 7) is 1.91. The van der Waals surface area contributed by atoms with E-state index in [0.717, 1.165) is 16.8 Å². The number of carboxylic acids is 1. The van der Waals surface area contributed by atoms with E-state index in [1.807, 2.05) is 61.5 Å². The predicted octanol–water partition coefficient (Wildman–Crippen LogP) is 3.23. The van der Waals surface area contributed by atoms with Gasteiger partial charge >= 0.3 is 5.97 Å². The fourth-order valence-corrected chi connectivity index (χ4v) is 1.88. The van der Waals surface area contributed by atoms with Gasteiger partial charge in [0.2, 0.25) is 0 Å². The minimum absolute atomic E-state index is 0.728. The second kappa shape index (κ2) is 5.36. The summed E-state index contributed by atoms with van der Waals surface area (Å²) in [4.78, 5) is 11.4. The summed E-state index contributed by atoms with van der Waals surface area (Å²) in [6.07, 6.45) is 0. The van der Waals surface area contributed by atoms with Crippen LogP contribution >= 0.6 is 0 Å². The Bertz CT molecular complexity index is 537. The first-order chi connectivity index (χ1) is 8.68. The Labute approximate surface area is 106 Å². The zero-order valence-electron chi connectivity index (χ0n) is 10.1. The van der Waals surface area contributed by atoms with Crippen LogP contribution in [0.25, 0.3) is 0 Å². The summed E-state index contributed by atoms with van der Waals surface area (Å²) in [5.41, 5.74) is 2.55. The maximum Gasteiger partial charge on any atom is 0.330 e. The van der Waals surface area contributed by atoms with Gasteiger partial charge < -0.3 is 10.4 Å². The normalized spacial score (nSPS) is 11.8. The molecule has 18 heavy (non-hydrogen) atoms. The molecule has 0 radical (unpaired) electrons. The summed E-state index contributed by atoms with van der Waals surface area (Å²) >= 11 is 0. The van der Waals surface area contributed by atoms with Gasteiger partial charge in [-0.2, -0.15) is 0 Å². The van der Waals surface area contributed by atoms with Crippen molar-refractivity contribution in [1.82, 2.24) is 0 Å². The molecule has 0 saturated carbocycles. The van der Waals surface area contributed by atoms with E-state index in [9.17, 15) is 9.90 Å². The quantitative estimate of drug-likeness (QED) is 0.864. The van der Waals surface area contributed by atoms with E-state index in [1.54, 1.807) is 0 Å². The molecule has 3 nitrogen and oxygen atoms in total. The first-order valence-corrected chi connectivity index (χ1v) is 5.78. The van der Waals surface area contributed by atoms with Crippen LogP contribution in [0.2, 0.25) is 0 Å². The molecule has 0 spiro atoms. The molecule has 0 bridgehead atoms. The number of anilines is 1. The summed E-state index contributed by atoms with van der Waals surface area (Å²) < 4.78 is 0. The van der Waals surface area contributed by atoms with E-state index < -0.39 is 12.0 Å². The molecule has 2 N–H and O–H groups in total. The lowest BCUT2D eigenvalue weighted by Gasteiger charge is -2.18. The van der Waals surface area contributed by atoms with Crippen LogP contribution in [0.15, 0.2) is 54.6 Å². The molecule has 0 aliphatic carbocycles. The molecule has 0 aliphatic rings. The first kappa shape index (κ1) is 12.2. The van der Waals surface area contributed by atoms with Crippen molar-refractivity contribution in [2.45, 2.75) is 13.0 Å². The third kappa shape index (κ3) is 2.69. The lowest BCUT2D eigenvalue weighted by molar-refractivity contribution is -0.138. The third-order valence-corrected chi connectivity index (χ3v) is 2.83. The number of hydrogen-bond donors (Lipinski definition) is 2. The van der Waals surface area contributed by atoms with Crippen molar-refractivity contribution in [3.05, 3.63) is 65.7 Å². The van der Waals surface area contributed by atoms with Crippen LogP contribution in [0.4, 0.5) is 5.69 Å². The SMILES string of the molecule is Cc1ccccc1C(Nc1ccccc1)C(=O)O. The smallest absolute Gasteiger partial charge is 0.330 e. The highest BCUT2D eigenvalue weighted by atomic mass is 16.4. The largest absolute Gasteiger partial charge is 0.479 e. The Morgan fingerprint density at radius 2 is 1.67 bits per heavy atom. The molecule has 0 fully saturated rings. The number of rotatable bonds is 4. The minimum atomic E-state index is -0.881. The van der Waals surface area contributed by atoms with Crippen LogP contribution in [0, 0.1) is 6.92 Å². The van der Waals surface area contributed by atoms with E-state index in [0.29, 0.717) is 0 Å². The van der Waals surface area contributed by atoms with E-state index >= 15 is 0 Å². The Hall–Kier alpha value is -2.29. The average molecular weight is 241 g/mol. The Morgan fingerprint density at radius 1 is 1.06 bits per heavy atom. The molecule has 1 unspecified atom stereocenters. The maximum atomic E-state index is 11.4. The number of carboxylic acid groups (broad SMARTS) is 1. The van der Waals surface area contributed by atoms with Crippen molar-refractivity contribution < 1.29 is 9.90 Å². The zero-order valence-corrected chi connectivity index (χ0v) is 10.1. The van der Waals surface area contributed by atoms with Crippen LogP contribution in [0.1, 0.15) is 17.2 Å². The Morgan fingerprint density at radius 3 is 2.28 bits per heavy atom. The third-order valence-electron chi connectivity index (χ3n) is 2.83. The number of aryl methyl sites for hydroxylation is 1. The van der Waals surface area contributed by atoms with Crippen LogP contribution in [0.5, 0.6) is 0 Å². The van der Waals surface area contributed by atoms with Gasteiger partial charge in [-0.15, -0.1) is 0 Å². The summed E-state index contributed by atoms with van der Waals surface area (Å²) in [7, 11) is 0. The molecular weight excluding hydrogens is 226 g/mol. The van der Waals surface area contributed by atoms with Gasteiger partial charge in [-0.25, -0.2) is 4.79 Å². The molecule has 0 heterocycles.